The summed E-state index contributed by atoms with van der Waals surface area (Å²) in [5.74, 6) is -2.39. The topological polar surface area (TPSA) is 83.9 Å². The number of ketones is 1. The number of halogens is 1. The number of anilines is 1. The van der Waals surface area contributed by atoms with Crippen LogP contribution in [0.15, 0.2) is 48.5 Å². The summed E-state index contributed by atoms with van der Waals surface area (Å²) in [6.07, 6.45) is -0.520. The number of fused-ring (bicyclic) bond motifs is 1. The fourth-order valence-electron chi connectivity index (χ4n) is 3.14. The van der Waals surface area contributed by atoms with Crippen LogP contribution in [0.5, 0.6) is 0 Å². The number of aliphatic hydroxyl groups is 1. The zero-order valence-corrected chi connectivity index (χ0v) is 14.6. The summed E-state index contributed by atoms with van der Waals surface area (Å²) >= 11 is 0. The van der Waals surface area contributed by atoms with Gasteiger partial charge in [0.1, 0.15) is 12.4 Å². The van der Waals surface area contributed by atoms with Crippen LogP contribution in [0.2, 0.25) is 0 Å². The molecule has 1 aliphatic rings. The Kier molecular flexibility index (Phi) is 5.05. The predicted molar refractivity (Wildman–Crippen MR) is 94.7 cm³/mol. The van der Waals surface area contributed by atoms with Gasteiger partial charge in [-0.2, -0.15) is 0 Å². The van der Waals surface area contributed by atoms with Crippen molar-refractivity contribution < 1.29 is 28.6 Å². The highest BCUT2D eigenvalue weighted by molar-refractivity contribution is 6.12. The Labute approximate surface area is 155 Å². The summed E-state index contributed by atoms with van der Waals surface area (Å²) in [6, 6.07) is 11.3. The average Bonchev–Trinajstić information content (AvgIpc) is 2.85. The molecule has 0 bridgehead atoms. The van der Waals surface area contributed by atoms with E-state index in [1.807, 2.05) is 0 Å². The van der Waals surface area contributed by atoms with Gasteiger partial charge in [0, 0.05) is 11.1 Å². The highest BCUT2D eigenvalue weighted by Crippen LogP contribution is 2.42. The van der Waals surface area contributed by atoms with Gasteiger partial charge >= 0.3 is 5.97 Å². The van der Waals surface area contributed by atoms with Crippen molar-refractivity contribution in [3.8, 4) is 0 Å². The first-order chi connectivity index (χ1) is 12.9. The second-order valence-corrected chi connectivity index (χ2v) is 6.18. The maximum Gasteiger partial charge on any atom is 0.326 e. The van der Waals surface area contributed by atoms with Gasteiger partial charge in [-0.1, -0.05) is 18.2 Å². The largest absolute Gasteiger partial charge is 0.465 e. The number of amides is 1. The summed E-state index contributed by atoms with van der Waals surface area (Å²) in [4.78, 5) is 38.4. The zero-order valence-electron chi connectivity index (χ0n) is 14.6. The predicted octanol–water partition coefficient (Wildman–Crippen LogP) is 2.20. The maximum absolute atomic E-state index is 13.1. The summed E-state index contributed by atoms with van der Waals surface area (Å²) in [6.45, 7) is 1.45. The molecule has 0 fully saturated rings. The Morgan fingerprint density at radius 3 is 2.48 bits per heavy atom. The SMILES string of the molecule is CCOC(=O)CN1C(=O)[C@@](O)(CC(=O)c2ccc(F)cc2)c2ccccc21. The van der Waals surface area contributed by atoms with Crippen LogP contribution >= 0.6 is 0 Å². The lowest BCUT2D eigenvalue weighted by molar-refractivity contribution is -0.144. The Balaban J connectivity index is 1.92. The van der Waals surface area contributed by atoms with E-state index in [-0.39, 0.29) is 24.3 Å². The van der Waals surface area contributed by atoms with E-state index in [1.165, 1.54) is 18.2 Å². The molecule has 2 aromatic carbocycles. The van der Waals surface area contributed by atoms with Crippen molar-refractivity contribution in [3.05, 3.63) is 65.5 Å². The van der Waals surface area contributed by atoms with Crippen LogP contribution in [-0.2, 0) is 19.9 Å². The van der Waals surface area contributed by atoms with E-state index < -0.39 is 35.5 Å². The van der Waals surface area contributed by atoms with Crippen molar-refractivity contribution in [1.29, 1.82) is 0 Å². The average molecular weight is 371 g/mol. The molecule has 0 aliphatic carbocycles. The third kappa shape index (κ3) is 3.46. The molecule has 0 saturated carbocycles. The van der Waals surface area contributed by atoms with E-state index in [0.717, 1.165) is 17.0 Å². The van der Waals surface area contributed by atoms with Crippen molar-refractivity contribution in [2.75, 3.05) is 18.1 Å². The first kappa shape index (κ1) is 18.7. The fraction of sp³-hybridized carbons (Fsp3) is 0.250. The number of ether oxygens (including phenoxy) is 1. The number of esters is 1. The van der Waals surface area contributed by atoms with Gasteiger partial charge in [-0.25, -0.2) is 4.39 Å². The van der Waals surface area contributed by atoms with E-state index in [1.54, 1.807) is 25.1 Å². The molecular weight excluding hydrogens is 353 g/mol. The minimum atomic E-state index is -2.10. The molecule has 1 aliphatic heterocycles. The zero-order chi connectivity index (χ0) is 19.6. The summed E-state index contributed by atoms with van der Waals surface area (Å²) in [5, 5.41) is 11.1. The lowest BCUT2D eigenvalue weighted by Crippen LogP contribution is -2.44. The number of hydrogen-bond donors (Lipinski definition) is 1. The van der Waals surface area contributed by atoms with Crippen LogP contribution in [0.1, 0.15) is 29.3 Å². The molecule has 0 spiro atoms. The normalized spacial score (nSPS) is 18.3. The van der Waals surface area contributed by atoms with Crippen molar-refractivity contribution in [2.24, 2.45) is 0 Å². The second-order valence-electron chi connectivity index (χ2n) is 6.18. The van der Waals surface area contributed by atoms with Crippen LogP contribution < -0.4 is 4.90 Å². The molecule has 0 aromatic heterocycles. The molecule has 140 valence electrons. The molecular formula is C20H18FNO5. The van der Waals surface area contributed by atoms with Gasteiger partial charge in [0.05, 0.1) is 18.7 Å². The minimum absolute atomic E-state index is 0.163. The van der Waals surface area contributed by atoms with Crippen molar-refractivity contribution in [3.63, 3.8) is 0 Å². The Hall–Kier alpha value is -3.06. The lowest BCUT2D eigenvalue weighted by atomic mass is 9.88. The molecule has 7 heteroatoms. The number of carbonyl (C=O) groups is 3. The molecule has 6 nitrogen and oxygen atoms in total. The molecule has 1 amide bonds. The van der Waals surface area contributed by atoms with Gasteiger partial charge in [0.15, 0.2) is 11.4 Å². The van der Waals surface area contributed by atoms with E-state index >= 15 is 0 Å². The molecule has 1 atom stereocenters. The quantitative estimate of drug-likeness (QED) is 0.622. The van der Waals surface area contributed by atoms with Crippen LogP contribution in [0.3, 0.4) is 0 Å². The fourth-order valence-corrected chi connectivity index (χ4v) is 3.14. The lowest BCUT2D eigenvalue weighted by Gasteiger charge is -2.22. The standard InChI is InChI=1S/C20H18FNO5/c1-2-27-18(24)12-22-16-6-4-3-5-15(16)20(26,19(22)25)11-17(23)13-7-9-14(21)10-8-13/h3-10,26H,2,11-12H2,1H3/t20-/m1/s1. The van der Waals surface area contributed by atoms with Gasteiger partial charge in [-0.05, 0) is 37.3 Å². The Morgan fingerprint density at radius 2 is 1.81 bits per heavy atom. The number of para-hydroxylation sites is 1. The molecule has 0 saturated heterocycles. The first-order valence-electron chi connectivity index (χ1n) is 8.45. The van der Waals surface area contributed by atoms with Crippen molar-refractivity contribution in [2.45, 2.75) is 18.9 Å². The van der Waals surface area contributed by atoms with Crippen molar-refractivity contribution >= 4 is 23.3 Å². The van der Waals surface area contributed by atoms with E-state index in [2.05, 4.69) is 0 Å². The van der Waals surface area contributed by atoms with Gasteiger partial charge < -0.3 is 9.84 Å². The highest BCUT2D eigenvalue weighted by Gasteiger charge is 2.51. The highest BCUT2D eigenvalue weighted by atomic mass is 19.1. The number of rotatable bonds is 6. The number of nitrogens with zero attached hydrogens (tertiary/aromatic N) is 1. The van der Waals surface area contributed by atoms with Crippen LogP contribution in [0.4, 0.5) is 10.1 Å². The number of carbonyl (C=O) groups excluding carboxylic acids is 3. The monoisotopic (exact) mass is 371 g/mol. The third-order valence-corrected chi connectivity index (χ3v) is 4.41. The summed E-state index contributed by atoms with van der Waals surface area (Å²) in [5.41, 5.74) is -1.33. The second kappa shape index (κ2) is 7.28. The maximum atomic E-state index is 13.1. The van der Waals surface area contributed by atoms with Gasteiger partial charge in [0.2, 0.25) is 0 Å². The summed E-state index contributed by atoms with van der Waals surface area (Å²) < 4.78 is 17.9. The Morgan fingerprint density at radius 1 is 1.15 bits per heavy atom. The molecule has 1 N–H and O–H groups in total. The number of hydrogen-bond acceptors (Lipinski definition) is 5. The molecule has 1 heterocycles. The van der Waals surface area contributed by atoms with E-state index in [9.17, 15) is 23.9 Å². The molecule has 0 unspecified atom stereocenters. The van der Waals surface area contributed by atoms with Crippen LogP contribution in [-0.4, -0.2) is 35.9 Å². The van der Waals surface area contributed by atoms with Gasteiger partial charge in [0.25, 0.3) is 5.91 Å². The van der Waals surface area contributed by atoms with Crippen LogP contribution in [0.25, 0.3) is 0 Å². The van der Waals surface area contributed by atoms with E-state index in [4.69, 9.17) is 4.74 Å². The third-order valence-electron chi connectivity index (χ3n) is 4.41. The van der Waals surface area contributed by atoms with Gasteiger partial charge in [-0.3, -0.25) is 19.3 Å². The van der Waals surface area contributed by atoms with Gasteiger partial charge in [-0.15, -0.1) is 0 Å². The van der Waals surface area contributed by atoms with E-state index in [0.29, 0.717) is 5.69 Å². The first-order valence-corrected chi connectivity index (χ1v) is 8.45. The molecule has 3 rings (SSSR count). The molecule has 0 radical (unpaired) electrons. The van der Waals surface area contributed by atoms with Crippen molar-refractivity contribution in [1.82, 2.24) is 0 Å². The number of benzene rings is 2. The number of Topliss-reactive ketones (excluding diaryl/α,β-unsaturated/α-hetero) is 1. The summed E-state index contributed by atoms with van der Waals surface area (Å²) in [7, 11) is 0. The molecule has 2 aromatic rings. The smallest absolute Gasteiger partial charge is 0.326 e. The minimum Gasteiger partial charge on any atom is -0.465 e. The molecule has 27 heavy (non-hydrogen) atoms. The van der Waals surface area contributed by atoms with Crippen LogP contribution in [0, 0.1) is 5.82 Å². The Bertz CT molecular complexity index is 896.